The molecule has 2 aromatic heterocycles. The zero-order valence-corrected chi connectivity index (χ0v) is 15.4. The number of fused-ring (bicyclic) bond motifs is 1. The number of rotatable bonds is 5. The lowest BCUT2D eigenvalue weighted by Gasteiger charge is -2.14. The molecular weight excluding hydrogens is 416 g/mol. The number of pyridine rings is 1. The molecule has 1 aromatic carbocycles. The molecule has 0 radical (unpaired) electrons. The number of alkyl halides is 6. The van der Waals surface area contributed by atoms with Crippen LogP contribution in [0.1, 0.15) is 34.6 Å². The smallest absolute Gasteiger partial charge is 0.422 e. The number of hydrogen-bond donors (Lipinski definition) is 2. The zero-order valence-electron chi connectivity index (χ0n) is 15.4. The first-order chi connectivity index (χ1) is 13.9. The van der Waals surface area contributed by atoms with E-state index in [4.69, 9.17) is 0 Å². The van der Waals surface area contributed by atoms with Gasteiger partial charge < -0.3 is 15.0 Å². The highest BCUT2D eigenvalue weighted by molar-refractivity contribution is 6.06. The Balaban J connectivity index is 1.70. The van der Waals surface area contributed by atoms with E-state index in [9.17, 15) is 31.1 Å². The molecule has 0 bridgehead atoms. The van der Waals surface area contributed by atoms with Crippen LogP contribution in [0, 0.1) is 0 Å². The number of nitrogens with zero attached hydrogens (tertiary/aromatic N) is 1. The van der Waals surface area contributed by atoms with E-state index in [2.05, 4.69) is 20.0 Å². The minimum Gasteiger partial charge on any atom is -0.483 e. The van der Waals surface area contributed by atoms with Crippen molar-refractivity contribution in [3.8, 4) is 5.75 Å². The first-order valence-corrected chi connectivity index (χ1v) is 8.59. The second-order valence-electron chi connectivity index (χ2n) is 6.48. The number of nitrogens with one attached hydrogen (secondary N) is 2. The normalized spacial score (nSPS) is 13.3. The van der Waals surface area contributed by atoms with Gasteiger partial charge in [-0.3, -0.25) is 9.78 Å². The Morgan fingerprint density at radius 1 is 1.17 bits per heavy atom. The molecule has 3 rings (SSSR count). The van der Waals surface area contributed by atoms with Crippen molar-refractivity contribution in [2.45, 2.75) is 25.3 Å². The molecule has 2 heterocycles. The van der Waals surface area contributed by atoms with Gasteiger partial charge in [0.1, 0.15) is 5.75 Å². The third-order valence-electron chi connectivity index (χ3n) is 4.21. The summed E-state index contributed by atoms with van der Waals surface area (Å²) in [4.78, 5) is 19.2. The number of carbonyl (C=O) groups is 1. The summed E-state index contributed by atoms with van der Waals surface area (Å²) < 4.78 is 79.5. The molecule has 0 aliphatic carbocycles. The number of ether oxygens (including phenoxy) is 1. The highest BCUT2D eigenvalue weighted by atomic mass is 19.4. The van der Waals surface area contributed by atoms with Crippen molar-refractivity contribution in [2.24, 2.45) is 0 Å². The van der Waals surface area contributed by atoms with Gasteiger partial charge in [-0.1, -0.05) is 6.07 Å². The average molecular weight is 431 g/mol. The van der Waals surface area contributed by atoms with Crippen LogP contribution in [0.25, 0.3) is 10.9 Å². The fourth-order valence-corrected chi connectivity index (χ4v) is 2.74. The number of H-pyrrole nitrogens is 1. The van der Waals surface area contributed by atoms with Crippen molar-refractivity contribution in [3.63, 3.8) is 0 Å². The van der Waals surface area contributed by atoms with E-state index in [1.165, 1.54) is 24.4 Å². The summed E-state index contributed by atoms with van der Waals surface area (Å²) >= 11 is 0. The van der Waals surface area contributed by atoms with Gasteiger partial charge in [-0.05, 0) is 31.2 Å². The predicted molar refractivity (Wildman–Crippen MR) is 95.0 cm³/mol. The summed E-state index contributed by atoms with van der Waals surface area (Å²) in [5.74, 6) is -0.626. The fourth-order valence-electron chi connectivity index (χ4n) is 2.74. The van der Waals surface area contributed by atoms with Gasteiger partial charge in [0.15, 0.2) is 6.61 Å². The zero-order chi connectivity index (χ0) is 22.1. The van der Waals surface area contributed by atoms with Crippen LogP contribution in [0.4, 0.5) is 26.3 Å². The summed E-state index contributed by atoms with van der Waals surface area (Å²) in [6.45, 7) is 0.157. The Bertz CT molecular complexity index is 1040. The van der Waals surface area contributed by atoms with E-state index in [1.807, 2.05) is 0 Å². The van der Waals surface area contributed by atoms with Crippen molar-refractivity contribution in [2.75, 3.05) is 6.61 Å². The molecule has 0 saturated heterocycles. The monoisotopic (exact) mass is 431 g/mol. The predicted octanol–water partition coefficient (Wildman–Crippen LogP) is 5.01. The molecule has 1 unspecified atom stereocenters. The van der Waals surface area contributed by atoms with Crippen LogP contribution in [0.3, 0.4) is 0 Å². The lowest BCUT2D eigenvalue weighted by molar-refractivity contribution is -0.153. The third-order valence-corrected chi connectivity index (χ3v) is 4.21. The number of aromatic amines is 1. The summed E-state index contributed by atoms with van der Waals surface area (Å²) in [7, 11) is 0. The largest absolute Gasteiger partial charge is 0.483 e. The molecule has 0 aliphatic heterocycles. The Morgan fingerprint density at radius 3 is 2.50 bits per heavy atom. The SMILES string of the molecule is CC(NC(=O)c1c[nH]c2cc(C(F)(F)F)ccc12)c1ccc(OCC(F)(F)F)cn1. The highest BCUT2D eigenvalue weighted by Gasteiger charge is 2.31. The Labute approximate surface area is 166 Å². The Morgan fingerprint density at radius 2 is 1.90 bits per heavy atom. The van der Waals surface area contributed by atoms with Gasteiger partial charge in [-0.15, -0.1) is 0 Å². The van der Waals surface area contributed by atoms with Gasteiger partial charge >= 0.3 is 12.4 Å². The topological polar surface area (TPSA) is 67.0 Å². The summed E-state index contributed by atoms with van der Waals surface area (Å²) in [5.41, 5.74) is -0.168. The van der Waals surface area contributed by atoms with Gasteiger partial charge in [-0.2, -0.15) is 26.3 Å². The minimum atomic E-state index is -4.50. The number of halogens is 6. The van der Waals surface area contributed by atoms with Crippen LogP contribution < -0.4 is 10.1 Å². The molecule has 1 amide bonds. The van der Waals surface area contributed by atoms with Gasteiger partial charge in [0, 0.05) is 17.1 Å². The maximum atomic E-state index is 12.8. The standard InChI is InChI=1S/C19H15F6N3O2/c1-10(15-5-3-12(7-26-15)30-9-18(20,21)22)28-17(29)14-8-27-16-6-11(19(23,24)25)2-4-13(14)16/h2-8,10,27H,9H2,1H3,(H,28,29). The van der Waals surface area contributed by atoms with Crippen LogP contribution >= 0.6 is 0 Å². The molecule has 0 spiro atoms. The number of hydrogen-bond acceptors (Lipinski definition) is 3. The molecule has 0 fully saturated rings. The van der Waals surface area contributed by atoms with Gasteiger partial charge in [0.25, 0.3) is 5.91 Å². The average Bonchev–Trinajstić information content (AvgIpc) is 3.09. The van der Waals surface area contributed by atoms with E-state index in [0.29, 0.717) is 11.1 Å². The maximum absolute atomic E-state index is 12.8. The molecule has 5 nitrogen and oxygen atoms in total. The highest BCUT2D eigenvalue weighted by Crippen LogP contribution is 2.32. The maximum Gasteiger partial charge on any atom is 0.422 e. The summed E-state index contributed by atoms with van der Waals surface area (Å²) in [6.07, 6.45) is -6.57. The van der Waals surface area contributed by atoms with Gasteiger partial charge in [0.2, 0.25) is 0 Å². The number of aromatic nitrogens is 2. The fraction of sp³-hybridized carbons (Fsp3) is 0.263. The summed E-state index contributed by atoms with van der Waals surface area (Å²) in [5, 5.41) is 2.96. The molecule has 160 valence electrons. The van der Waals surface area contributed by atoms with Crippen molar-refractivity contribution >= 4 is 16.8 Å². The van der Waals surface area contributed by atoms with Crippen LogP contribution in [0.15, 0.2) is 42.7 Å². The van der Waals surface area contributed by atoms with Crippen molar-refractivity contribution in [1.82, 2.24) is 15.3 Å². The number of benzene rings is 1. The first kappa shape index (κ1) is 21.5. The molecule has 0 aliphatic rings. The van der Waals surface area contributed by atoms with Crippen molar-refractivity contribution < 1.29 is 35.9 Å². The minimum absolute atomic E-state index is 0.0771. The van der Waals surface area contributed by atoms with Gasteiger partial charge in [-0.25, -0.2) is 0 Å². The van der Waals surface area contributed by atoms with Crippen LogP contribution in [0.2, 0.25) is 0 Å². The second-order valence-corrected chi connectivity index (χ2v) is 6.48. The van der Waals surface area contributed by atoms with Crippen LogP contribution in [-0.4, -0.2) is 28.7 Å². The van der Waals surface area contributed by atoms with E-state index < -0.39 is 36.5 Å². The second kappa shape index (κ2) is 7.88. The van der Waals surface area contributed by atoms with E-state index in [0.717, 1.165) is 18.3 Å². The van der Waals surface area contributed by atoms with E-state index >= 15 is 0 Å². The third kappa shape index (κ3) is 5.02. The molecule has 0 saturated carbocycles. The lowest BCUT2D eigenvalue weighted by Crippen LogP contribution is -2.27. The van der Waals surface area contributed by atoms with E-state index in [1.54, 1.807) is 6.92 Å². The Kier molecular flexibility index (Phi) is 5.64. The number of amides is 1. The van der Waals surface area contributed by atoms with Crippen LogP contribution in [0.5, 0.6) is 5.75 Å². The quantitative estimate of drug-likeness (QED) is 0.558. The van der Waals surface area contributed by atoms with Crippen molar-refractivity contribution in [1.29, 1.82) is 0 Å². The molecule has 3 aromatic rings. The van der Waals surface area contributed by atoms with E-state index in [-0.39, 0.29) is 16.8 Å². The molecule has 2 N–H and O–H groups in total. The number of carbonyl (C=O) groups excluding carboxylic acids is 1. The summed E-state index contributed by atoms with van der Waals surface area (Å²) in [6, 6.07) is 5.09. The molecule has 1 atom stereocenters. The van der Waals surface area contributed by atoms with Crippen molar-refractivity contribution in [3.05, 3.63) is 59.5 Å². The van der Waals surface area contributed by atoms with Gasteiger partial charge in [0.05, 0.1) is 29.1 Å². The van der Waals surface area contributed by atoms with Crippen LogP contribution in [-0.2, 0) is 6.18 Å². The molecular formula is C19H15F6N3O2. The molecule has 11 heteroatoms. The first-order valence-electron chi connectivity index (χ1n) is 8.59. The molecule has 30 heavy (non-hydrogen) atoms. The Hall–Kier alpha value is -3.24. The lowest BCUT2D eigenvalue weighted by atomic mass is 10.1.